The van der Waals surface area contributed by atoms with Crippen molar-refractivity contribution in [2.75, 3.05) is 19.6 Å². The van der Waals surface area contributed by atoms with Crippen LogP contribution >= 0.6 is 0 Å². The van der Waals surface area contributed by atoms with Gasteiger partial charge in [0.1, 0.15) is 0 Å². The van der Waals surface area contributed by atoms with E-state index < -0.39 is 0 Å². The van der Waals surface area contributed by atoms with E-state index in [4.69, 9.17) is 5.73 Å². The van der Waals surface area contributed by atoms with Gasteiger partial charge in [0.2, 0.25) is 5.91 Å². The average molecular weight is 225 g/mol. The third-order valence-corrected chi connectivity index (χ3v) is 3.87. The average Bonchev–Trinajstić information content (AvgIpc) is 2.54. The Morgan fingerprint density at radius 1 is 1.31 bits per heavy atom. The van der Waals surface area contributed by atoms with Crippen molar-refractivity contribution in [3.63, 3.8) is 0 Å². The van der Waals surface area contributed by atoms with Crippen molar-refractivity contribution in [2.24, 2.45) is 5.73 Å². The summed E-state index contributed by atoms with van der Waals surface area (Å²) >= 11 is 0. The summed E-state index contributed by atoms with van der Waals surface area (Å²) in [4.78, 5) is 14.1. The van der Waals surface area contributed by atoms with Crippen molar-refractivity contribution >= 4 is 5.91 Å². The molecule has 2 atom stereocenters. The zero-order chi connectivity index (χ0) is 11.4. The first kappa shape index (κ1) is 11.9. The van der Waals surface area contributed by atoms with Crippen molar-refractivity contribution < 1.29 is 4.79 Å². The molecule has 4 nitrogen and oxygen atoms in total. The molecule has 3 N–H and O–H groups in total. The first-order valence-electron chi connectivity index (χ1n) is 6.54. The van der Waals surface area contributed by atoms with Gasteiger partial charge in [-0.3, -0.25) is 9.69 Å². The number of hydrogen-bond acceptors (Lipinski definition) is 3. The Bertz CT molecular complexity index is 244. The number of carbonyl (C=O) groups excluding carboxylic acids is 1. The van der Waals surface area contributed by atoms with Gasteiger partial charge in [0.05, 0.1) is 0 Å². The number of nitrogens with two attached hydrogens (primary N) is 1. The third kappa shape index (κ3) is 2.74. The van der Waals surface area contributed by atoms with Gasteiger partial charge in [-0.15, -0.1) is 0 Å². The summed E-state index contributed by atoms with van der Waals surface area (Å²) in [6.07, 6.45) is 6.65. The minimum Gasteiger partial charge on any atom is -0.356 e. The van der Waals surface area contributed by atoms with Crippen LogP contribution in [0.2, 0.25) is 0 Å². The number of hydrogen-bond donors (Lipinski definition) is 2. The zero-order valence-corrected chi connectivity index (χ0v) is 9.95. The maximum absolute atomic E-state index is 11.6. The van der Waals surface area contributed by atoms with Crippen molar-refractivity contribution in [3.05, 3.63) is 0 Å². The predicted octanol–water partition coefficient (Wildman–Crippen LogP) is 0.468. The lowest BCUT2D eigenvalue weighted by atomic mass is 9.96. The van der Waals surface area contributed by atoms with E-state index in [9.17, 15) is 4.79 Å². The number of amides is 1. The highest BCUT2D eigenvalue weighted by atomic mass is 16.1. The van der Waals surface area contributed by atoms with E-state index in [0.717, 1.165) is 32.5 Å². The third-order valence-electron chi connectivity index (χ3n) is 3.87. The topological polar surface area (TPSA) is 58.4 Å². The zero-order valence-electron chi connectivity index (χ0n) is 9.95. The van der Waals surface area contributed by atoms with Crippen molar-refractivity contribution in [1.29, 1.82) is 0 Å². The monoisotopic (exact) mass is 225 g/mol. The largest absolute Gasteiger partial charge is 0.356 e. The molecule has 0 saturated carbocycles. The molecule has 0 bridgehead atoms. The van der Waals surface area contributed by atoms with E-state index in [2.05, 4.69) is 10.2 Å². The van der Waals surface area contributed by atoms with Crippen molar-refractivity contribution in [3.8, 4) is 0 Å². The summed E-state index contributed by atoms with van der Waals surface area (Å²) < 4.78 is 0. The smallest absolute Gasteiger partial charge is 0.221 e. The van der Waals surface area contributed by atoms with E-state index in [0.29, 0.717) is 18.5 Å². The molecule has 0 aromatic heterocycles. The second kappa shape index (κ2) is 5.64. The van der Waals surface area contributed by atoms with Crippen LogP contribution in [-0.2, 0) is 4.79 Å². The summed E-state index contributed by atoms with van der Waals surface area (Å²) in [6, 6.07) is 0.931. The maximum Gasteiger partial charge on any atom is 0.221 e. The first-order chi connectivity index (χ1) is 7.81. The highest BCUT2D eigenvalue weighted by molar-refractivity contribution is 5.76. The molecular weight excluding hydrogens is 202 g/mol. The Kier molecular flexibility index (Phi) is 4.18. The van der Waals surface area contributed by atoms with Crippen LogP contribution in [0.4, 0.5) is 0 Å². The second-order valence-electron chi connectivity index (χ2n) is 4.97. The maximum atomic E-state index is 11.6. The van der Waals surface area contributed by atoms with Crippen LogP contribution < -0.4 is 11.1 Å². The Balaban J connectivity index is 1.99. The van der Waals surface area contributed by atoms with Gasteiger partial charge in [0.25, 0.3) is 0 Å². The van der Waals surface area contributed by atoms with E-state index >= 15 is 0 Å². The fraction of sp³-hybridized carbons (Fsp3) is 0.917. The summed E-state index contributed by atoms with van der Waals surface area (Å²) in [5, 5.41) is 2.95. The number of likely N-dealkylation sites (tertiary alicyclic amines) is 1. The van der Waals surface area contributed by atoms with E-state index in [1.54, 1.807) is 0 Å². The van der Waals surface area contributed by atoms with Crippen LogP contribution in [0.5, 0.6) is 0 Å². The molecular formula is C12H23N3O. The number of carbonyl (C=O) groups is 1. The summed E-state index contributed by atoms with van der Waals surface area (Å²) in [5.41, 5.74) is 5.83. The fourth-order valence-electron chi connectivity index (χ4n) is 2.99. The molecule has 0 spiro atoms. The number of rotatable bonds is 2. The fourth-order valence-corrected chi connectivity index (χ4v) is 2.99. The molecule has 2 saturated heterocycles. The van der Waals surface area contributed by atoms with Crippen LogP contribution in [0.3, 0.4) is 0 Å². The van der Waals surface area contributed by atoms with Crippen molar-refractivity contribution in [2.45, 2.75) is 50.6 Å². The van der Waals surface area contributed by atoms with Gasteiger partial charge in [-0.2, -0.15) is 0 Å². The molecule has 2 rings (SSSR count). The second-order valence-corrected chi connectivity index (χ2v) is 4.97. The van der Waals surface area contributed by atoms with Gasteiger partial charge >= 0.3 is 0 Å². The first-order valence-corrected chi connectivity index (χ1v) is 6.54. The molecule has 16 heavy (non-hydrogen) atoms. The summed E-state index contributed by atoms with van der Waals surface area (Å²) in [6.45, 7) is 2.70. The minimum atomic E-state index is 0.212. The molecule has 4 heteroatoms. The lowest BCUT2D eigenvalue weighted by Crippen LogP contribution is -2.50. The van der Waals surface area contributed by atoms with Crippen molar-refractivity contribution in [1.82, 2.24) is 10.2 Å². The molecule has 92 valence electrons. The molecule has 2 fully saturated rings. The van der Waals surface area contributed by atoms with Gasteiger partial charge in [-0.1, -0.05) is 6.42 Å². The number of nitrogens with one attached hydrogen (secondary N) is 1. The van der Waals surface area contributed by atoms with Crippen LogP contribution in [0.25, 0.3) is 0 Å². The SMILES string of the molecule is NCC1CCCCN1C1CCCNC(=O)C1. The highest BCUT2D eigenvalue weighted by Gasteiger charge is 2.30. The van der Waals surface area contributed by atoms with Crippen LogP contribution in [-0.4, -0.2) is 42.5 Å². The highest BCUT2D eigenvalue weighted by Crippen LogP contribution is 2.23. The van der Waals surface area contributed by atoms with Gasteiger partial charge in [0.15, 0.2) is 0 Å². The van der Waals surface area contributed by atoms with Gasteiger partial charge < -0.3 is 11.1 Å². The summed E-state index contributed by atoms with van der Waals surface area (Å²) in [5.74, 6) is 0.212. The van der Waals surface area contributed by atoms with E-state index in [1.807, 2.05) is 0 Å². The normalized spacial score (nSPS) is 33.2. The molecule has 2 aliphatic heterocycles. The van der Waals surface area contributed by atoms with Crippen LogP contribution in [0.1, 0.15) is 38.5 Å². The molecule has 0 aliphatic carbocycles. The lowest BCUT2D eigenvalue weighted by molar-refractivity contribution is -0.122. The molecule has 1 amide bonds. The Morgan fingerprint density at radius 3 is 3.00 bits per heavy atom. The molecule has 0 aromatic carbocycles. The van der Waals surface area contributed by atoms with Gasteiger partial charge in [-0.05, 0) is 32.2 Å². The Hall–Kier alpha value is -0.610. The molecule has 2 heterocycles. The molecule has 2 unspecified atom stereocenters. The van der Waals surface area contributed by atoms with Crippen LogP contribution in [0, 0.1) is 0 Å². The Labute approximate surface area is 97.6 Å². The standard InChI is InChI=1S/C12H23N3O/c13-9-11-4-1-2-7-15(11)10-5-3-6-14-12(16)8-10/h10-11H,1-9,13H2,(H,14,16). The van der Waals surface area contributed by atoms with E-state index in [1.165, 1.54) is 19.3 Å². The molecule has 0 radical (unpaired) electrons. The number of nitrogens with zero attached hydrogens (tertiary/aromatic N) is 1. The minimum absolute atomic E-state index is 0.212. The number of piperidine rings is 1. The molecule has 0 aromatic rings. The quantitative estimate of drug-likeness (QED) is 0.718. The van der Waals surface area contributed by atoms with Gasteiger partial charge in [0, 0.05) is 31.6 Å². The van der Waals surface area contributed by atoms with Gasteiger partial charge in [-0.25, -0.2) is 0 Å². The molecule has 2 aliphatic rings. The lowest BCUT2D eigenvalue weighted by Gasteiger charge is -2.40. The van der Waals surface area contributed by atoms with E-state index in [-0.39, 0.29) is 5.91 Å². The predicted molar refractivity (Wildman–Crippen MR) is 64.0 cm³/mol. The Morgan fingerprint density at radius 2 is 2.19 bits per heavy atom. The summed E-state index contributed by atoms with van der Waals surface area (Å²) in [7, 11) is 0. The van der Waals surface area contributed by atoms with Crippen LogP contribution in [0.15, 0.2) is 0 Å².